The monoisotopic (exact) mass is 742 g/mol. The number of nitrogens with zero attached hydrogens (tertiary/aromatic N) is 3. The Morgan fingerprint density at radius 1 is 1.10 bits per heavy atom. The summed E-state index contributed by atoms with van der Waals surface area (Å²) in [7, 11) is -2.43. The van der Waals surface area contributed by atoms with E-state index in [1.807, 2.05) is 19.1 Å². The van der Waals surface area contributed by atoms with Crippen LogP contribution in [0, 0.1) is 17.8 Å². The highest BCUT2D eigenvalue weighted by Crippen LogP contribution is 2.46. The van der Waals surface area contributed by atoms with Gasteiger partial charge in [0.2, 0.25) is 27.7 Å². The van der Waals surface area contributed by atoms with Crippen LogP contribution in [-0.4, -0.2) is 101 Å². The van der Waals surface area contributed by atoms with Gasteiger partial charge in [-0.05, 0) is 62.5 Å². The number of sulfonamides is 1. The lowest BCUT2D eigenvalue weighted by Gasteiger charge is -2.32. The van der Waals surface area contributed by atoms with Crippen LogP contribution in [0.5, 0.6) is 5.88 Å². The van der Waals surface area contributed by atoms with Gasteiger partial charge in [-0.1, -0.05) is 38.1 Å². The zero-order valence-electron chi connectivity index (χ0n) is 29.4. The van der Waals surface area contributed by atoms with Crippen LogP contribution in [0.3, 0.4) is 0 Å². The van der Waals surface area contributed by atoms with Gasteiger partial charge >= 0.3 is 6.09 Å². The molecule has 0 bridgehead atoms. The van der Waals surface area contributed by atoms with Gasteiger partial charge in [0.15, 0.2) is 0 Å². The number of amides is 4. The Labute approximate surface area is 301 Å². The molecule has 4 N–H and O–H groups in total. The Kier molecular flexibility index (Phi) is 10.6. The van der Waals surface area contributed by atoms with E-state index >= 15 is 0 Å². The minimum atomic E-state index is -3.93. The second kappa shape index (κ2) is 14.8. The number of methoxy groups -OCH3 is 1. The standard InChI is InChI=1S/C35H46N6O10S/c1-20-8-4-5-9-22-18-35(22,33(45)39-52(48,49)24-12-13-24)37-29(42)27-17-23(19-40(27)32(44)28(21(2)16-20)36-34(46)47)51-30-25-10-6-7-11-26(25)31(43)41(38-30)14-15-50-3/h5-7,9-11,20-24,27-28,36H,4,8,12-19H2,1-3H3,(H,37,42)(H,39,45)(H,46,47)/t20-,21+,22+,23+,27-,28-,35+/m0/s1. The number of hydrogen-bond acceptors (Lipinski definition) is 10. The first-order valence-corrected chi connectivity index (χ1v) is 19.3. The van der Waals surface area contributed by atoms with E-state index in [1.54, 1.807) is 31.2 Å². The maximum absolute atomic E-state index is 14.4. The SMILES string of the molecule is COCCn1nc(O[C@@H]2C[C@H]3C(=O)N[C@]4(C(=O)NS(=O)(=O)C5CC5)C[C@H]4C=CCC[C@H](C)C[C@@H](C)[C@H](NC(=O)O)C(=O)N3C2)c2ccccc2c1=O. The van der Waals surface area contributed by atoms with E-state index in [0.717, 1.165) is 6.42 Å². The van der Waals surface area contributed by atoms with Gasteiger partial charge < -0.3 is 30.1 Å². The zero-order valence-corrected chi connectivity index (χ0v) is 30.3. The molecule has 52 heavy (non-hydrogen) atoms. The van der Waals surface area contributed by atoms with Crippen LogP contribution in [-0.2, 0) is 35.7 Å². The van der Waals surface area contributed by atoms with Gasteiger partial charge in [0.1, 0.15) is 23.7 Å². The number of benzene rings is 1. The fraction of sp³-hybridized carbons (Fsp3) is 0.600. The number of hydrogen-bond donors (Lipinski definition) is 4. The lowest BCUT2D eigenvalue weighted by molar-refractivity contribution is -0.142. The minimum absolute atomic E-state index is 0.0616. The lowest BCUT2D eigenvalue weighted by atomic mass is 9.88. The second-order valence-corrected chi connectivity index (χ2v) is 16.5. The van der Waals surface area contributed by atoms with Crippen molar-refractivity contribution >= 4 is 44.6 Å². The third kappa shape index (κ3) is 7.79. The molecular weight excluding hydrogens is 696 g/mol. The number of carboxylic acid groups (broad SMARTS) is 1. The largest absolute Gasteiger partial charge is 0.471 e. The molecule has 4 amide bonds. The van der Waals surface area contributed by atoms with Gasteiger partial charge in [-0.15, -0.1) is 5.10 Å². The van der Waals surface area contributed by atoms with E-state index in [-0.39, 0.29) is 49.9 Å². The van der Waals surface area contributed by atoms with Crippen LogP contribution in [0.25, 0.3) is 10.8 Å². The van der Waals surface area contributed by atoms with Crippen molar-refractivity contribution in [2.24, 2.45) is 17.8 Å². The molecule has 0 unspecified atom stereocenters. The highest BCUT2D eigenvalue weighted by molar-refractivity contribution is 7.91. The Morgan fingerprint density at radius 3 is 2.52 bits per heavy atom. The molecule has 2 aliphatic carbocycles. The summed E-state index contributed by atoms with van der Waals surface area (Å²) in [4.78, 5) is 68.8. The Balaban J connectivity index is 1.35. The fourth-order valence-corrected chi connectivity index (χ4v) is 8.77. The van der Waals surface area contributed by atoms with Gasteiger partial charge in [-0.25, -0.2) is 17.9 Å². The number of carbonyl (C=O) groups excluding carboxylic acids is 3. The summed E-state index contributed by atoms with van der Waals surface area (Å²) in [6, 6.07) is 4.35. The third-order valence-corrected chi connectivity index (χ3v) is 12.3. The molecule has 0 radical (unpaired) electrons. The molecule has 6 rings (SSSR count). The molecule has 1 saturated heterocycles. The predicted octanol–water partition coefficient (Wildman–Crippen LogP) is 1.52. The average Bonchev–Trinajstić information content (AvgIpc) is 4.02. The van der Waals surface area contributed by atoms with Crippen molar-refractivity contribution in [2.75, 3.05) is 20.3 Å². The topological polar surface area (TPSA) is 215 Å². The summed E-state index contributed by atoms with van der Waals surface area (Å²) in [5.41, 5.74) is -1.91. The van der Waals surface area contributed by atoms with Crippen LogP contribution in [0.2, 0.25) is 0 Å². The summed E-state index contributed by atoms with van der Waals surface area (Å²) in [5.74, 6) is -2.89. The first kappa shape index (κ1) is 37.3. The van der Waals surface area contributed by atoms with Crippen molar-refractivity contribution in [3.63, 3.8) is 0 Å². The minimum Gasteiger partial charge on any atom is -0.471 e. The molecule has 1 aromatic heterocycles. The van der Waals surface area contributed by atoms with Crippen molar-refractivity contribution in [1.82, 2.24) is 30.0 Å². The van der Waals surface area contributed by atoms with E-state index in [1.165, 1.54) is 16.7 Å². The summed E-state index contributed by atoms with van der Waals surface area (Å²) < 4.78 is 40.5. The molecule has 282 valence electrons. The number of ether oxygens (including phenoxy) is 2. The smallest absolute Gasteiger partial charge is 0.405 e. The molecule has 0 spiro atoms. The first-order chi connectivity index (χ1) is 24.7. The van der Waals surface area contributed by atoms with Gasteiger partial charge in [0.05, 0.1) is 35.7 Å². The van der Waals surface area contributed by atoms with E-state index in [0.29, 0.717) is 36.5 Å². The first-order valence-electron chi connectivity index (χ1n) is 17.7. The fourth-order valence-electron chi connectivity index (χ4n) is 7.41. The average molecular weight is 743 g/mol. The van der Waals surface area contributed by atoms with Gasteiger partial charge in [0, 0.05) is 19.4 Å². The lowest BCUT2D eigenvalue weighted by Crippen LogP contribution is -2.59. The molecule has 3 heterocycles. The molecular formula is C35H46N6O10S. The zero-order chi connectivity index (χ0) is 37.4. The maximum Gasteiger partial charge on any atom is 0.405 e. The molecule has 17 heteroatoms. The van der Waals surface area contributed by atoms with Crippen LogP contribution in [0.1, 0.15) is 58.8 Å². The van der Waals surface area contributed by atoms with Crippen molar-refractivity contribution in [1.29, 1.82) is 0 Å². The van der Waals surface area contributed by atoms with E-state index in [4.69, 9.17) is 9.47 Å². The molecule has 2 aromatic rings. The summed E-state index contributed by atoms with van der Waals surface area (Å²) in [5, 5.41) is 19.5. The van der Waals surface area contributed by atoms with Gasteiger partial charge in [-0.3, -0.25) is 23.9 Å². The van der Waals surface area contributed by atoms with Gasteiger partial charge in [0.25, 0.3) is 11.5 Å². The van der Waals surface area contributed by atoms with Crippen molar-refractivity contribution in [2.45, 2.75) is 94.3 Å². The number of fused-ring (bicyclic) bond motifs is 3. The number of nitrogens with one attached hydrogen (secondary N) is 3. The molecule has 7 atom stereocenters. The molecule has 3 fully saturated rings. The van der Waals surface area contributed by atoms with Crippen molar-refractivity contribution in [3.05, 3.63) is 46.8 Å². The second-order valence-electron chi connectivity index (χ2n) is 14.6. The summed E-state index contributed by atoms with van der Waals surface area (Å²) in [6.45, 7) is 4.02. The van der Waals surface area contributed by atoms with Crippen molar-refractivity contribution in [3.8, 4) is 5.88 Å². The van der Waals surface area contributed by atoms with Gasteiger partial charge in [-0.2, -0.15) is 0 Å². The highest BCUT2D eigenvalue weighted by Gasteiger charge is 2.62. The van der Waals surface area contributed by atoms with E-state index < -0.39 is 74.7 Å². The number of allylic oxidation sites excluding steroid dienone is 1. The summed E-state index contributed by atoms with van der Waals surface area (Å²) >= 11 is 0. The summed E-state index contributed by atoms with van der Waals surface area (Å²) in [6.07, 6.45) is 4.38. The Morgan fingerprint density at radius 2 is 1.83 bits per heavy atom. The Bertz CT molecular complexity index is 1930. The van der Waals surface area contributed by atoms with Crippen LogP contribution in [0.15, 0.2) is 41.2 Å². The normalized spacial score (nSPS) is 29.6. The highest BCUT2D eigenvalue weighted by atomic mass is 32.2. The Hall–Kier alpha value is -4.51. The molecule has 4 aliphatic rings. The van der Waals surface area contributed by atoms with Crippen LogP contribution >= 0.6 is 0 Å². The van der Waals surface area contributed by atoms with Crippen molar-refractivity contribution < 1.29 is 42.2 Å². The van der Waals surface area contributed by atoms with E-state index in [9.17, 15) is 37.5 Å². The number of carbonyl (C=O) groups is 4. The quantitative estimate of drug-likeness (QED) is 0.270. The number of rotatable bonds is 9. The maximum atomic E-state index is 14.4. The molecule has 2 saturated carbocycles. The number of aromatic nitrogens is 2. The van der Waals surface area contributed by atoms with Crippen LogP contribution in [0.4, 0.5) is 4.79 Å². The molecule has 16 nitrogen and oxygen atoms in total. The van der Waals surface area contributed by atoms with Crippen LogP contribution < -0.4 is 25.7 Å². The molecule has 1 aromatic carbocycles. The van der Waals surface area contributed by atoms with E-state index in [2.05, 4.69) is 20.5 Å². The third-order valence-electron chi connectivity index (χ3n) is 10.5. The molecule has 2 aliphatic heterocycles. The predicted molar refractivity (Wildman–Crippen MR) is 188 cm³/mol.